The fraction of sp³-hybridized carbons (Fsp3) is 0.710. The molecule has 1 aliphatic heterocycles. The molecule has 3 fully saturated rings. The van der Waals surface area contributed by atoms with Crippen LogP contribution in [0.1, 0.15) is 90.2 Å². The Labute approximate surface area is 256 Å². The predicted octanol–water partition coefficient (Wildman–Crippen LogP) is 5.70. The number of rotatable bonds is 12. The van der Waals surface area contributed by atoms with Gasteiger partial charge in [0.05, 0.1) is 19.5 Å². The second-order valence-electron chi connectivity index (χ2n) is 12.2. The fourth-order valence-electron chi connectivity index (χ4n) is 7.10. The number of hydrogen-bond acceptors (Lipinski definition) is 11. The van der Waals surface area contributed by atoms with Crippen LogP contribution in [-0.2, 0) is 23.7 Å². The highest BCUT2D eigenvalue weighted by molar-refractivity contribution is 5.81. The lowest BCUT2D eigenvalue weighted by atomic mass is 9.67. The number of fused-ring (bicyclic) bond motifs is 3. The van der Waals surface area contributed by atoms with Crippen molar-refractivity contribution in [1.82, 2.24) is 19.5 Å². The van der Waals surface area contributed by atoms with Crippen molar-refractivity contribution in [2.75, 3.05) is 25.6 Å². The summed E-state index contributed by atoms with van der Waals surface area (Å²) in [6.45, 7) is 1.45. The van der Waals surface area contributed by atoms with E-state index in [4.69, 9.17) is 35.8 Å². The molecule has 3 aliphatic rings. The van der Waals surface area contributed by atoms with Crippen LogP contribution >= 0.6 is 0 Å². The van der Waals surface area contributed by atoms with Gasteiger partial charge in [0.1, 0.15) is 12.8 Å². The summed E-state index contributed by atoms with van der Waals surface area (Å²) in [6, 6.07) is 0. The molecule has 0 radical (unpaired) electrons. The highest BCUT2D eigenvalue weighted by Crippen LogP contribution is 2.44. The Morgan fingerprint density at radius 2 is 1.86 bits per heavy atom. The van der Waals surface area contributed by atoms with Crippen molar-refractivity contribution in [3.05, 3.63) is 12.4 Å². The molecule has 1 saturated heterocycles. The molecule has 2 unspecified atom stereocenters. The Morgan fingerprint density at radius 3 is 2.61 bits per heavy atom. The highest BCUT2D eigenvalue weighted by atomic mass is 19.1. The first-order valence-corrected chi connectivity index (χ1v) is 15.7. The minimum Gasteiger partial charge on any atom is -0.435 e. The smallest absolute Gasteiger partial charge is 0.435 e. The molecule has 2 aromatic heterocycles. The first-order chi connectivity index (χ1) is 21.3. The van der Waals surface area contributed by atoms with E-state index in [0.29, 0.717) is 0 Å². The fourth-order valence-corrected chi connectivity index (χ4v) is 7.10. The van der Waals surface area contributed by atoms with Crippen molar-refractivity contribution in [2.24, 2.45) is 17.8 Å². The normalized spacial score (nSPS) is 27.9. The average Bonchev–Trinajstić information content (AvgIpc) is 3.57. The van der Waals surface area contributed by atoms with Crippen molar-refractivity contribution in [3.8, 4) is 12.3 Å². The van der Waals surface area contributed by atoms with Crippen LogP contribution in [0.3, 0.4) is 0 Å². The molecule has 5 rings (SSSR count). The quantitative estimate of drug-likeness (QED) is 0.136. The van der Waals surface area contributed by atoms with E-state index in [-0.39, 0.29) is 36.6 Å². The van der Waals surface area contributed by atoms with Crippen LogP contribution < -0.4 is 5.73 Å². The molecule has 2 aromatic rings. The van der Waals surface area contributed by atoms with Gasteiger partial charge < -0.3 is 29.4 Å². The Bertz CT molecular complexity index is 1340. The number of unbranched alkanes of at least 4 members (excludes halogenated alkanes) is 3. The molecular formula is C31H42FN5O7. The number of carbonyl (C=O) groups is 2. The summed E-state index contributed by atoms with van der Waals surface area (Å²) < 4.78 is 42.4. The van der Waals surface area contributed by atoms with Crippen LogP contribution in [0.2, 0.25) is 0 Å². The SMILES string of the molecule is C#C[C@]1(COC(=O)OCCCCCCC2CC3CCCC(C2)C3)O[C@@H](n2cnc3c(N)nc(F)nc32)C[C@@H]1OC(=O)OCC. The number of terminal acetylenes is 1. The molecule has 0 aromatic carbocycles. The second kappa shape index (κ2) is 14.4. The van der Waals surface area contributed by atoms with E-state index in [1.54, 1.807) is 6.92 Å². The summed E-state index contributed by atoms with van der Waals surface area (Å²) in [5, 5.41) is 0. The summed E-state index contributed by atoms with van der Waals surface area (Å²) >= 11 is 0. The summed E-state index contributed by atoms with van der Waals surface area (Å²) in [5.74, 6) is 5.11. The second-order valence-corrected chi connectivity index (χ2v) is 12.2. The molecule has 2 bridgehead atoms. The van der Waals surface area contributed by atoms with Crippen molar-refractivity contribution < 1.29 is 37.7 Å². The number of hydrogen-bond donors (Lipinski definition) is 1. The molecule has 5 atom stereocenters. The minimum absolute atomic E-state index is 0.000574. The van der Waals surface area contributed by atoms with Gasteiger partial charge in [0.15, 0.2) is 23.1 Å². The Morgan fingerprint density at radius 1 is 1.09 bits per heavy atom. The number of halogens is 1. The van der Waals surface area contributed by atoms with Gasteiger partial charge in [-0.3, -0.25) is 4.57 Å². The van der Waals surface area contributed by atoms with Gasteiger partial charge in [0.2, 0.25) is 5.60 Å². The zero-order valence-electron chi connectivity index (χ0n) is 25.2. The van der Waals surface area contributed by atoms with Crippen LogP contribution in [0.4, 0.5) is 19.8 Å². The Kier molecular flexibility index (Phi) is 10.4. The van der Waals surface area contributed by atoms with Gasteiger partial charge in [-0.2, -0.15) is 14.4 Å². The van der Waals surface area contributed by atoms with Gasteiger partial charge >= 0.3 is 18.4 Å². The molecule has 44 heavy (non-hydrogen) atoms. The number of anilines is 1. The van der Waals surface area contributed by atoms with E-state index in [0.717, 1.165) is 37.0 Å². The standard InChI is InChI=1S/C31H42FN5O7/c1-3-31(18-42-29(38)41-13-8-6-5-7-10-20-14-21-11-9-12-22(15-20)16-21)23(43-30(39)40-4-2)17-24(44-31)37-19-34-25-26(33)35-28(32)36-27(25)37/h1,19-24H,4-18H2,2H3,(H2,33,35,36)/t20?,21?,22?,23-,24+,31+/m0/s1. The molecule has 0 amide bonds. The van der Waals surface area contributed by atoms with Crippen molar-refractivity contribution in [3.63, 3.8) is 0 Å². The number of imidazole rings is 1. The number of carbonyl (C=O) groups excluding carboxylic acids is 2. The number of nitrogens with zero attached hydrogens (tertiary/aromatic N) is 4. The summed E-state index contributed by atoms with van der Waals surface area (Å²) in [6.07, 6.45) is 16.1. The van der Waals surface area contributed by atoms with Crippen LogP contribution in [-0.4, -0.2) is 63.4 Å². The average molecular weight is 616 g/mol. The summed E-state index contributed by atoms with van der Waals surface area (Å²) in [7, 11) is 0. The molecule has 2 N–H and O–H groups in total. The van der Waals surface area contributed by atoms with Gasteiger partial charge in [-0.15, -0.1) is 6.42 Å². The maximum Gasteiger partial charge on any atom is 0.508 e. The Balaban J connectivity index is 1.10. The first kappa shape index (κ1) is 31.8. The van der Waals surface area contributed by atoms with Crippen LogP contribution in [0, 0.1) is 36.2 Å². The number of aromatic nitrogens is 4. The van der Waals surface area contributed by atoms with E-state index in [1.165, 1.54) is 62.3 Å². The molecule has 2 aliphatic carbocycles. The zero-order chi connectivity index (χ0) is 31.1. The van der Waals surface area contributed by atoms with E-state index < -0.39 is 42.9 Å². The lowest BCUT2D eigenvalue weighted by Gasteiger charge is -2.39. The molecule has 3 heterocycles. The van der Waals surface area contributed by atoms with Crippen LogP contribution in [0.25, 0.3) is 11.2 Å². The van der Waals surface area contributed by atoms with E-state index in [9.17, 15) is 14.0 Å². The van der Waals surface area contributed by atoms with Gasteiger partial charge in [-0.05, 0) is 50.4 Å². The maximum absolute atomic E-state index is 13.9. The Hall–Kier alpha value is -3.66. The van der Waals surface area contributed by atoms with Gasteiger partial charge in [-0.25, -0.2) is 14.6 Å². The zero-order valence-corrected chi connectivity index (χ0v) is 25.2. The number of nitrogen functional groups attached to an aromatic ring is 1. The monoisotopic (exact) mass is 615 g/mol. The van der Waals surface area contributed by atoms with E-state index in [1.807, 2.05) is 0 Å². The first-order valence-electron chi connectivity index (χ1n) is 15.7. The van der Waals surface area contributed by atoms with Crippen LogP contribution in [0.5, 0.6) is 0 Å². The lowest BCUT2D eigenvalue weighted by Crippen LogP contribution is -2.45. The third kappa shape index (κ3) is 7.52. The van der Waals surface area contributed by atoms with Crippen molar-refractivity contribution in [2.45, 2.75) is 102 Å². The molecule has 13 heteroatoms. The number of nitrogens with two attached hydrogens (primary N) is 1. The molecule has 2 saturated carbocycles. The van der Waals surface area contributed by atoms with Gasteiger partial charge in [-0.1, -0.05) is 50.9 Å². The minimum atomic E-state index is -1.69. The lowest BCUT2D eigenvalue weighted by molar-refractivity contribution is -0.105. The van der Waals surface area contributed by atoms with Gasteiger partial charge in [0, 0.05) is 6.42 Å². The third-order valence-electron chi connectivity index (χ3n) is 9.11. The number of ether oxygens (including phenoxy) is 5. The topological polar surface area (TPSA) is 150 Å². The summed E-state index contributed by atoms with van der Waals surface area (Å²) in [4.78, 5) is 36.1. The molecule has 240 valence electrons. The van der Waals surface area contributed by atoms with E-state index in [2.05, 4.69) is 20.9 Å². The van der Waals surface area contributed by atoms with E-state index >= 15 is 0 Å². The summed E-state index contributed by atoms with van der Waals surface area (Å²) in [5.41, 5.74) is 4.31. The van der Waals surface area contributed by atoms with Gasteiger partial charge in [0.25, 0.3) is 0 Å². The predicted molar refractivity (Wildman–Crippen MR) is 156 cm³/mol. The molecule has 12 nitrogen and oxygen atoms in total. The highest BCUT2D eigenvalue weighted by Gasteiger charge is 2.53. The van der Waals surface area contributed by atoms with Crippen LogP contribution in [0.15, 0.2) is 6.33 Å². The molecule has 0 spiro atoms. The maximum atomic E-state index is 13.9. The largest absolute Gasteiger partial charge is 0.508 e. The van der Waals surface area contributed by atoms with Crippen molar-refractivity contribution >= 4 is 29.3 Å². The molecular weight excluding hydrogens is 573 g/mol. The van der Waals surface area contributed by atoms with Crippen molar-refractivity contribution in [1.29, 1.82) is 0 Å². The third-order valence-corrected chi connectivity index (χ3v) is 9.11.